The molecule has 4 heteroatoms. The molecule has 1 aromatic heterocycles. The zero-order valence-electron chi connectivity index (χ0n) is 16.7. The highest BCUT2D eigenvalue weighted by Gasteiger charge is 2.14. The number of anilines is 1. The molecule has 0 atom stereocenters. The molecule has 3 rings (SSSR count). The highest BCUT2D eigenvalue weighted by molar-refractivity contribution is 6.00. The predicted octanol–water partition coefficient (Wildman–Crippen LogP) is 5.29. The topological polar surface area (TPSA) is 32.9 Å². The van der Waals surface area contributed by atoms with Crippen molar-refractivity contribution in [2.45, 2.75) is 53.9 Å². The lowest BCUT2D eigenvalue weighted by molar-refractivity contribution is 0.578. The van der Waals surface area contributed by atoms with Crippen molar-refractivity contribution in [3.8, 4) is 5.69 Å². The van der Waals surface area contributed by atoms with Crippen molar-refractivity contribution in [2.75, 3.05) is 18.0 Å². The molecular weight excluding hydrogens is 320 g/mol. The minimum absolute atomic E-state index is 0.954. The first-order valence-corrected chi connectivity index (χ1v) is 9.57. The third-order valence-corrected chi connectivity index (χ3v) is 5.05. The van der Waals surface area contributed by atoms with E-state index < -0.39 is 0 Å². The second-order valence-electron chi connectivity index (χ2n) is 7.42. The zero-order chi connectivity index (χ0) is 18.7. The van der Waals surface area contributed by atoms with Crippen LogP contribution in [0.2, 0.25) is 0 Å². The van der Waals surface area contributed by atoms with Gasteiger partial charge < -0.3 is 9.47 Å². The summed E-state index contributed by atoms with van der Waals surface area (Å²) in [5, 5.41) is 8.57. The third-order valence-electron chi connectivity index (χ3n) is 5.05. The van der Waals surface area contributed by atoms with Crippen molar-refractivity contribution in [3.63, 3.8) is 0 Å². The van der Waals surface area contributed by atoms with Crippen molar-refractivity contribution in [3.05, 3.63) is 47.3 Å². The van der Waals surface area contributed by atoms with E-state index >= 15 is 0 Å². The largest absolute Gasteiger partial charge is 0.372 e. The number of piperidine rings is 1. The summed E-state index contributed by atoms with van der Waals surface area (Å²) in [6.07, 6.45) is 3.97. The van der Waals surface area contributed by atoms with E-state index in [2.05, 4.69) is 63.8 Å². The standard InChI is InChI=1S/C22H30N4/c1-16(2)23-24-18(4)22-15-17(3)26(19(22)5)21-11-9-20(10-12-21)25-13-7-6-8-14-25/h9-12,15H,6-8,13-14H2,1-5H3/b24-18-. The van der Waals surface area contributed by atoms with Crippen LogP contribution < -0.4 is 4.90 Å². The van der Waals surface area contributed by atoms with Crippen molar-refractivity contribution in [2.24, 2.45) is 10.2 Å². The van der Waals surface area contributed by atoms with Crippen LogP contribution in [-0.4, -0.2) is 29.1 Å². The van der Waals surface area contributed by atoms with Gasteiger partial charge in [0.15, 0.2) is 0 Å². The van der Waals surface area contributed by atoms with Crippen LogP contribution in [-0.2, 0) is 0 Å². The van der Waals surface area contributed by atoms with Crippen LogP contribution in [0, 0.1) is 13.8 Å². The van der Waals surface area contributed by atoms with Gasteiger partial charge in [0.05, 0.1) is 5.71 Å². The van der Waals surface area contributed by atoms with E-state index in [0.29, 0.717) is 0 Å². The number of rotatable bonds is 4. The Morgan fingerprint density at radius 3 is 2.08 bits per heavy atom. The smallest absolute Gasteiger partial charge is 0.0689 e. The molecule has 0 unspecified atom stereocenters. The Hall–Kier alpha value is -2.36. The average Bonchev–Trinajstić information content (AvgIpc) is 2.95. The zero-order valence-corrected chi connectivity index (χ0v) is 16.7. The first kappa shape index (κ1) is 18.4. The monoisotopic (exact) mass is 350 g/mol. The van der Waals surface area contributed by atoms with Crippen LogP contribution in [0.5, 0.6) is 0 Å². The highest BCUT2D eigenvalue weighted by atomic mass is 15.2. The maximum atomic E-state index is 4.36. The summed E-state index contributed by atoms with van der Waals surface area (Å²) >= 11 is 0. The molecule has 0 spiro atoms. The van der Waals surface area contributed by atoms with Crippen LogP contribution in [0.1, 0.15) is 57.0 Å². The maximum absolute atomic E-state index is 4.36. The lowest BCUT2D eigenvalue weighted by atomic mass is 10.1. The van der Waals surface area contributed by atoms with Gasteiger partial charge in [0, 0.05) is 47.1 Å². The Bertz CT molecular complexity index is 815. The molecule has 4 nitrogen and oxygen atoms in total. The molecule has 0 amide bonds. The minimum Gasteiger partial charge on any atom is -0.372 e. The van der Waals surface area contributed by atoms with Crippen molar-refractivity contribution in [1.29, 1.82) is 0 Å². The van der Waals surface area contributed by atoms with E-state index in [0.717, 1.165) is 17.0 Å². The number of hydrogen-bond acceptors (Lipinski definition) is 3. The van der Waals surface area contributed by atoms with E-state index in [1.54, 1.807) is 0 Å². The molecule has 1 saturated heterocycles. The predicted molar refractivity (Wildman–Crippen MR) is 112 cm³/mol. The van der Waals surface area contributed by atoms with Gasteiger partial charge in [-0.2, -0.15) is 10.2 Å². The second-order valence-corrected chi connectivity index (χ2v) is 7.42. The first-order valence-electron chi connectivity index (χ1n) is 9.57. The minimum atomic E-state index is 0.954. The molecule has 2 aromatic rings. The number of hydrogen-bond donors (Lipinski definition) is 0. The number of aryl methyl sites for hydroxylation is 1. The van der Waals surface area contributed by atoms with Gasteiger partial charge in [-0.05, 0) is 84.2 Å². The van der Waals surface area contributed by atoms with Crippen LogP contribution >= 0.6 is 0 Å². The summed E-state index contributed by atoms with van der Waals surface area (Å²) in [5.41, 5.74) is 8.04. The fourth-order valence-corrected chi connectivity index (χ4v) is 3.72. The van der Waals surface area contributed by atoms with Gasteiger partial charge in [0.2, 0.25) is 0 Å². The first-order chi connectivity index (χ1) is 12.5. The van der Waals surface area contributed by atoms with Gasteiger partial charge in [0.25, 0.3) is 0 Å². The normalized spacial score (nSPS) is 15.3. The summed E-state index contributed by atoms with van der Waals surface area (Å²) in [6, 6.07) is 11.2. The fraction of sp³-hybridized carbons (Fsp3) is 0.455. The van der Waals surface area contributed by atoms with Gasteiger partial charge in [-0.15, -0.1) is 0 Å². The number of nitrogens with zero attached hydrogens (tertiary/aromatic N) is 4. The highest BCUT2D eigenvalue weighted by Crippen LogP contribution is 2.25. The summed E-state index contributed by atoms with van der Waals surface area (Å²) in [7, 11) is 0. The summed E-state index contributed by atoms with van der Waals surface area (Å²) < 4.78 is 2.30. The molecule has 1 aromatic carbocycles. The molecular formula is C22H30N4. The molecule has 1 fully saturated rings. The molecule has 0 saturated carbocycles. The van der Waals surface area contributed by atoms with E-state index in [9.17, 15) is 0 Å². The average molecular weight is 351 g/mol. The molecule has 0 radical (unpaired) electrons. The Morgan fingerprint density at radius 1 is 0.846 bits per heavy atom. The van der Waals surface area contributed by atoms with Gasteiger partial charge >= 0.3 is 0 Å². The van der Waals surface area contributed by atoms with E-state index in [4.69, 9.17) is 0 Å². The molecule has 0 bridgehead atoms. The Labute approximate surface area is 157 Å². The van der Waals surface area contributed by atoms with Gasteiger partial charge in [0.1, 0.15) is 0 Å². The summed E-state index contributed by atoms with van der Waals surface area (Å²) in [6.45, 7) is 12.6. The van der Waals surface area contributed by atoms with Crippen LogP contribution in [0.25, 0.3) is 5.69 Å². The summed E-state index contributed by atoms with van der Waals surface area (Å²) in [5.74, 6) is 0. The van der Waals surface area contributed by atoms with Crippen molar-refractivity contribution < 1.29 is 0 Å². The quantitative estimate of drug-likeness (QED) is 0.545. The van der Waals surface area contributed by atoms with Crippen LogP contribution in [0.3, 0.4) is 0 Å². The van der Waals surface area contributed by atoms with Crippen molar-refractivity contribution >= 4 is 17.1 Å². The lowest BCUT2D eigenvalue weighted by Crippen LogP contribution is -2.29. The van der Waals surface area contributed by atoms with Gasteiger partial charge in [-0.1, -0.05) is 0 Å². The Kier molecular flexibility index (Phi) is 5.60. The van der Waals surface area contributed by atoms with Crippen LogP contribution in [0.15, 0.2) is 40.5 Å². The fourth-order valence-electron chi connectivity index (χ4n) is 3.72. The molecule has 138 valence electrons. The SMILES string of the molecule is CC(C)=N/N=C(/C)c1cc(C)n(-c2ccc(N3CCCCC3)cc2)c1C. The number of aromatic nitrogens is 1. The van der Waals surface area contributed by atoms with Crippen molar-refractivity contribution in [1.82, 2.24) is 4.57 Å². The molecule has 0 N–H and O–H groups in total. The molecule has 26 heavy (non-hydrogen) atoms. The second kappa shape index (κ2) is 7.90. The number of benzene rings is 1. The summed E-state index contributed by atoms with van der Waals surface area (Å²) in [4.78, 5) is 2.50. The van der Waals surface area contributed by atoms with Gasteiger partial charge in [-0.25, -0.2) is 0 Å². The Morgan fingerprint density at radius 2 is 1.46 bits per heavy atom. The molecule has 1 aliphatic heterocycles. The molecule has 0 aliphatic carbocycles. The third kappa shape index (κ3) is 3.90. The van der Waals surface area contributed by atoms with Gasteiger partial charge in [-0.3, -0.25) is 0 Å². The van der Waals surface area contributed by atoms with E-state index in [1.165, 1.54) is 55.1 Å². The molecule has 1 aliphatic rings. The van der Waals surface area contributed by atoms with E-state index in [-0.39, 0.29) is 0 Å². The maximum Gasteiger partial charge on any atom is 0.0689 e. The molecule has 2 heterocycles. The lowest BCUT2D eigenvalue weighted by Gasteiger charge is -2.29. The Balaban J connectivity index is 1.90. The van der Waals surface area contributed by atoms with E-state index in [1.807, 2.05) is 20.8 Å². The van der Waals surface area contributed by atoms with Crippen LogP contribution in [0.4, 0.5) is 5.69 Å².